The third kappa shape index (κ3) is 2.57. The minimum Gasteiger partial charge on any atom is -0.478 e. The van der Waals surface area contributed by atoms with Gasteiger partial charge in [0, 0.05) is 4.47 Å². The smallest absolute Gasteiger partial charge is 0.335 e. The lowest BCUT2D eigenvalue weighted by atomic mass is 10.2. The summed E-state index contributed by atoms with van der Waals surface area (Å²) in [6, 6.07) is 4.35. The van der Waals surface area contributed by atoms with Crippen LogP contribution in [0.25, 0.3) is 0 Å². The van der Waals surface area contributed by atoms with E-state index in [1.807, 2.05) is 0 Å². The van der Waals surface area contributed by atoms with E-state index in [1.165, 1.54) is 30.7 Å². The number of aromatic nitrogens is 2. The van der Waals surface area contributed by atoms with Crippen LogP contribution >= 0.6 is 15.9 Å². The van der Waals surface area contributed by atoms with E-state index < -0.39 is 5.97 Å². The van der Waals surface area contributed by atoms with E-state index in [0.717, 1.165) is 0 Å². The van der Waals surface area contributed by atoms with Gasteiger partial charge in [0.25, 0.3) is 5.91 Å². The predicted molar refractivity (Wildman–Crippen MR) is 67.6 cm³/mol. The molecule has 2 rings (SSSR count). The zero-order valence-electron chi connectivity index (χ0n) is 8.98. The molecule has 1 aromatic carbocycles. The molecule has 0 fully saturated rings. The van der Waals surface area contributed by atoms with E-state index in [1.54, 1.807) is 0 Å². The summed E-state index contributed by atoms with van der Waals surface area (Å²) in [7, 11) is 0. The molecule has 1 aromatic heterocycles. The number of carboxylic acid groups (broad SMARTS) is 1. The Morgan fingerprint density at radius 1 is 1.39 bits per heavy atom. The van der Waals surface area contributed by atoms with Gasteiger partial charge < -0.3 is 15.4 Å². The van der Waals surface area contributed by atoms with Crippen LogP contribution in [0.3, 0.4) is 0 Å². The number of amides is 1. The fourth-order valence-corrected chi connectivity index (χ4v) is 1.80. The second kappa shape index (κ2) is 5.01. The molecule has 0 bridgehead atoms. The van der Waals surface area contributed by atoms with Gasteiger partial charge in [0.05, 0.1) is 23.8 Å². The Kier molecular flexibility index (Phi) is 3.42. The number of hydrogen-bond acceptors (Lipinski definition) is 3. The van der Waals surface area contributed by atoms with Crippen LogP contribution in [-0.2, 0) is 0 Å². The zero-order valence-corrected chi connectivity index (χ0v) is 10.6. The summed E-state index contributed by atoms with van der Waals surface area (Å²) in [5.41, 5.74) is 0.949. The van der Waals surface area contributed by atoms with Crippen LogP contribution in [-0.4, -0.2) is 27.0 Å². The monoisotopic (exact) mass is 309 g/mol. The summed E-state index contributed by atoms with van der Waals surface area (Å²) in [5.74, 6) is -1.38. The molecule has 2 aromatic rings. The number of aromatic carboxylic acids is 1. The number of carbonyl (C=O) groups excluding carboxylic acids is 1. The van der Waals surface area contributed by atoms with Crippen molar-refractivity contribution in [2.24, 2.45) is 0 Å². The van der Waals surface area contributed by atoms with Crippen LogP contribution in [0.1, 0.15) is 20.8 Å². The van der Waals surface area contributed by atoms with Crippen molar-refractivity contribution in [1.29, 1.82) is 0 Å². The summed E-state index contributed by atoms with van der Waals surface area (Å²) in [6.45, 7) is 0. The van der Waals surface area contributed by atoms with E-state index in [9.17, 15) is 9.59 Å². The number of benzene rings is 1. The molecule has 0 radical (unpaired) electrons. The van der Waals surface area contributed by atoms with Crippen molar-refractivity contribution < 1.29 is 14.7 Å². The van der Waals surface area contributed by atoms with Crippen LogP contribution in [0, 0.1) is 0 Å². The van der Waals surface area contributed by atoms with Crippen molar-refractivity contribution in [3.05, 3.63) is 46.5 Å². The third-order valence-electron chi connectivity index (χ3n) is 2.21. The fraction of sp³-hybridized carbons (Fsp3) is 0. The molecule has 0 aliphatic heterocycles. The second-order valence-corrected chi connectivity index (χ2v) is 4.27. The number of rotatable bonds is 3. The Hall–Kier alpha value is -2.15. The number of nitrogens with one attached hydrogen (secondary N) is 2. The quantitative estimate of drug-likeness (QED) is 0.809. The molecule has 0 unspecified atom stereocenters. The minimum absolute atomic E-state index is 0.140. The first-order chi connectivity index (χ1) is 8.58. The average molecular weight is 310 g/mol. The number of carboxylic acids is 1. The maximum Gasteiger partial charge on any atom is 0.335 e. The number of hydrogen-bond donors (Lipinski definition) is 3. The van der Waals surface area contributed by atoms with Gasteiger partial charge >= 0.3 is 5.97 Å². The van der Waals surface area contributed by atoms with E-state index in [4.69, 9.17) is 5.11 Å². The molecule has 0 saturated heterocycles. The highest BCUT2D eigenvalue weighted by Gasteiger charge is 2.11. The molecule has 6 nitrogen and oxygen atoms in total. The lowest BCUT2D eigenvalue weighted by Gasteiger charge is -2.06. The molecule has 0 aliphatic rings. The molecular weight excluding hydrogens is 302 g/mol. The maximum atomic E-state index is 11.7. The molecule has 1 amide bonds. The molecule has 1 heterocycles. The van der Waals surface area contributed by atoms with Gasteiger partial charge in [-0.1, -0.05) is 0 Å². The van der Waals surface area contributed by atoms with Crippen molar-refractivity contribution in [2.45, 2.75) is 0 Å². The Bertz CT molecular complexity index is 596. The van der Waals surface area contributed by atoms with Gasteiger partial charge in [-0.3, -0.25) is 4.79 Å². The van der Waals surface area contributed by atoms with Crippen LogP contribution in [0.15, 0.2) is 35.2 Å². The normalized spacial score (nSPS) is 10.1. The van der Waals surface area contributed by atoms with Crippen molar-refractivity contribution >= 4 is 33.5 Å². The van der Waals surface area contributed by atoms with Crippen LogP contribution in [0.4, 0.5) is 5.69 Å². The predicted octanol–water partition coefficient (Wildman–Crippen LogP) is 2.12. The number of halogens is 1. The Balaban J connectivity index is 2.20. The molecular formula is C11H8BrN3O3. The molecule has 0 saturated carbocycles. The number of imidazole rings is 1. The van der Waals surface area contributed by atoms with Crippen molar-refractivity contribution in [3.8, 4) is 0 Å². The lowest BCUT2D eigenvalue weighted by Crippen LogP contribution is -2.12. The van der Waals surface area contributed by atoms with Crippen molar-refractivity contribution in [2.75, 3.05) is 5.32 Å². The highest BCUT2D eigenvalue weighted by molar-refractivity contribution is 9.10. The SMILES string of the molecule is O=C(O)c1ccc(NC(=O)c2cnc[nH]2)c(Br)c1. The van der Waals surface area contributed by atoms with E-state index in [0.29, 0.717) is 15.9 Å². The number of anilines is 1. The van der Waals surface area contributed by atoms with E-state index >= 15 is 0 Å². The molecule has 92 valence electrons. The van der Waals surface area contributed by atoms with Gasteiger partial charge in [-0.15, -0.1) is 0 Å². The highest BCUT2D eigenvalue weighted by atomic mass is 79.9. The molecule has 0 atom stereocenters. The van der Waals surface area contributed by atoms with E-state index in [-0.39, 0.29) is 11.5 Å². The Morgan fingerprint density at radius 3 is 2.72 bits per heavy atom. The molecule has 7 heteroatoms. The number of aromatic amines is 1. The van der Waals surface area contributed by atoms with Gasteiger partial charge in [-0.2, -0.15) is 0 Å². The maximum absolute atomic E-state index is 11.7. The molecule has 3 N–H and O–H groups in total. The van der Waals surface area contributed by atoms with Gasteiger partial charge in [0.1, 0.15) is 5.69 Å². The summed E-state index contributed by atoms with van der Waals surface area (Å²) in [5, 5.41) is 11.4. The van der Waals surface area contributed by atoms with Crippen molar-refractivity contribution in [3.63, 3.8) is 0 Å². The van der Waals surface area contributed by atoms with Crippen LogP contribution in [0.5, 0.6) is 0 Å². The molecule has 0 aliphatic carbocycles. The second-order valence-electron chi connectivity index (χ2n) is 3.42. The van der Waals surface area contributed by atoms with Crippen LogP contribution < -0.4 is 5.32 Å². The van der Waals surface area contributed by atoms with Gasteiger partial charge in [-0.25, -0.2) is 9.78 Å². The summed E-state index contributed by atoms with van der Waals surface area (Å²) in [4.78, 5) is 28.9. The van der Waals surface area contributed by atoms with Crippen LogP contribution in [0.2, 0.25) is 0 Å². The minimum atomic E-state index is -1.03. The summed E-state index contributed by atoms with van der Waals surface area (Å²) < 4.78 is 0.496. The average Bonchev–Trinajstić information content (AvgIpc) is 2.85. The Morgan fingerprint density at radius 2 is 2.17 bits per heavy atom. The number of H-pyrrole nitrogens is 1. The fourth-order valence-electron chi connectivity index (χ4n) is 1.32. The van der Waals surface area contributed by atoms with Gasteiger partial charge in [0.15, 0.2) is 0 Å². The third-order valence-corrected chi connectivity index (χ3v) is 2.86. The summed E-state index contributed by atoms with van der Waals surface area (Å²) in [6.07, 6.45) is 2.80. The Labute approximate surface area is 110 Å². The van der Waals surface area contributed by atoms with Gasteiger partial charge in [0.2, 0.25) is 0 Å². The first-order valence-corrected chi connectivity index (χ1v) is 5.70. The first-order valence-electron chi connectivity index (χ1n) is 4.90. The summed E-state index contributed by atoms with van der Waals surface area (Å²) >= 11 is 3.20. The lowest BCUT2D eigenvalue weighted by molar-refractivity contribution is 0.0696. The highest BCUT2D eigenvalue weighted by Crippen LogP contribution is 2.24. The zero-order chi connectivity index (χ0) is 13.1. The molecule has 0 spiro atoms. The topological polar surface area (TPSA) is 95.1 Å². The largest absolute Gasteiger partial charge is 0.478 e. The van der Waals surface area contributed by atoms with Gasteiger partial charge in [-0.05, 0) is 34.1 Å². The first kappa shape index (κ1) is 12.3. The van der Waals surface area contributed by atoms with Crippen molar-refractivity contribution in [1.82, 2.24) is 9.97 Å². The number of nitrogens with zero attached hydrogens (tertiary/aromatic N) is 1. The molecule has 18 heavy (non-hydrogen) atoms. The standard InChI is InChI=1S/C11H8BrN3O3/c12-7-3-6(11(17)18)1-2-8(7)15-10(16)9-4-13-5-14-9/h1-5H,(H,13,14)(H,15,16)(H,17,18). The number of carbonyl (C=O) groups is 2. The van der Waals surface area contributed by atoms with E-state index in [2.05, 4.69) is 31.2 Å².